The molecule has 2 rings (SSSR count). The number of rotatable bonds is 6. The van der Waals surface area contributed by atoms with Crippen LogP contribution >= 0.6 is 0 Å². The second kappa shape index (κ2) is 7.31. The predicted octanol–water partition coefficient (Wildman–Crippen LogP) is 1.33. The molecule has 0 bridgehead atoms. The molecule has 3 N–H and O–H groups in total. The van der Waals surface area contributed by atoms with E-state index >= 15 is 0 Å². The van der Waals surface area contributed by atoms with Gasteiger partial charge in [-0.1, -0.05) is 13.0 Å². The maximum Gasteiger partial charge on any atom is 0.0818 e. The topological polar surface area (TPSA) is 71.6 Å². The van der Waals surface area contributed by atoms with Crippen molar-refractivity contribution < 1.29 is 9.84 Å². The van der Waals surface area contributed by atoms with Crippen molar-refractivity contribution in [3.8, 4) is 0 Å². The third-order valence-electron chi connectivity index (χ3n) is 4.31. The van der Waals surface area contributed by atoms with E-state index in [0.717, 1.165) is 12.1 Å². The number of ether oxygens (including phenoxy) is 1. The van der Waals surface area contributed by atoms with E-state index in [4.69, 9.17) is 10.5 Å². The molecule has 2 heterocycles. The minimum absolute atomic E-state index is 0.00617. The summed E-state index contributed by atoms with van der Waals surface area (Å²) in [6.07, 6.45) is 4.01. The van der Waals surface area contributed by atoms with Gasteiger partial charge < -0.3 is 15.6 Å². The zero-order valence-corrected chi connectivity index (χ0v) is 13.0. The van der Waals surface area contributed by atoms with Gasteiger partial charge in [0.05, 0.1) is 17.3 Å². The van der Waals surface area contributed by atoms with Crippen molar-refractivity contribution in [2.75, 3.05) is 26.8 Å². The summed E-state index contributed by atoms with van der Waals surface area (Å²) in [5.41, 5.74) is 6.59. The van der Waals surface area contributed by atoms with Crippen molar-refractivity contribution in [3.05, 3.63) is 30.1 Å². The second-order valence-corrected chi connectivity index (χ2v) is 6.02. The van der Waals surface area contributed by atoms with Gasteiger partial charge in [-0.25, -0.2) is 0 Å². The van der Waals surface area contributed by atoms with Gasteiger partial charge in [0.25, 0.3) is 0 Å². The maximum atomic E-state index is 10.7. The summed E-state index contributed by atoms with van der Waals surface area (Å²) in [7, 11) is 2.02. The lowest BCUT2D eigenvalue weighted by Gasteiger charge is -2.39. The van der Waals surface area contributed by atoms with Crippen LogP contribution in [0.2, 0.25) is 0 Å². The van der Waals surface area contributed by atoms with Crippen LogP contribution in [0.3, 0.4) is 0 Å². The molecular formula is C16H27N3O2. The molecule has 0 aromatic carbocycles. The first-order valence-corrected chi connectivity index (χ1v) is 7.72. The van der Waals surface area contributed by atoms with Gasteiger partial charge in [0.1, 0.15) is 0 Å². The Kier molecular flexibility index (Phi) is 5.70. The largest absolute Gasteiger partial charge is 0.388 e. The van der Waals surface area contributed by atoms with Gasteiger partial charge >= 0.3 is 0 Å². The lowest BCUT2D eigenvalue weighted by Crippen LogP contribution is -2.49. The molecule has 118 valence electrons. The van der Waals surface area contributed by atoms with Crippen LogP contribution in [0.15, 0.2) is 24.4 Å². The standard InChI is InChI=1S/C16H27N3O2/c1-3-13(17)15(14-6-4-5-9-18-14)19(2)12-16(20)7-10-21-11-8-16/h4-6,9,13,15,20H,3,7-8,10-12,17H2,1-2H3. The fraction of sp³-hybridized carbons (Fsp3) is 0.688. The summed E-state index contributed by atoms with van der Waals surface area (Å²) >= 11 is 0. The van der Waals surface area contributed by atoms with Crippen LogP contribution in [-0.4, -0.2) is 53.4 Å². The van der Waals surface area contributed by atoms with E-state index in [1.54, 1.807) is 6.20 Å². The summed E-state index contributed by atoms with van der Waals surface area (Å²) in [6, 6.07) is 5.90. The zero-order valence-electron chi connectivity index (χ0n) is 13.0. The third-order valence-corrected chi connectivity index (χ3v) is 4.31. The average molecular weight is 293 g/mol. The van der Waals surface area contributed by atoms with Crippen LogP contribution < -0.4 is 5.73 Å². The summed E-state index contributed by atoms with van der Waals surface area (Å²) in [6.45, 7) is 3.92. The minimum Gasteiger partial charge on any atom is -0.388 e. The lowest BCUT2D eigenvalue weighted by molar-refractivity contribution is -0.0829. The number of hydrogen-bond acceptors (Lipinski definition) is 5. The summed E-state index contributed by atoms with van der Waals surface area (Å²) in [4.78, 5) is 6.60. The fourth-order valence-electron chi connectivity index (χ4n) is 3.02. The zero-order chi connectivity index (χ0) is 15.3. The number of aromatic nitrogens is 1. The monoisotopic (exact) mass is 293 g/mol. The van der Waals surface area contributed by atoms with Gasteiger partial charge in [0.15, 0.2) is 0 Å². The molecule has 1 aliphatic heterocycles. The fourth-order valence-corrected chi connectivity index (χ4v) is 3.02. The van der Waals surface area contributed by atoms with Crippen LogP contribution in [0.4, 0.5) is 0 Å². The number of pyridine rings is 1. The van der Waals surface area contributed by atoms with Crippen LogP contribution in [0, 0.1) is 0 Å². The summed E-state index contributed by atoms with van der Waals surface area (Å²) in [5.74, 6) is 0. The number of likely N-dealkylation sites (N-methyl/N-ethyl adjacent to an activating group) is 1. The quantitative estimate of drug-likeness (QED) is 0.828. The molecule has 1 saturated heterocycles. The predicted molar refractivity (Wildman–Crippen MR) is 82.9 cm³/mol. The maximum absolute atomic E-state index is 10.7. The first-order chi connectivity index (χ1) is 10.1. The Labute approximate surface area is 127 Å². The van der Waals surface area contributed by atoms with Gasteiger partial charge in [-0.3, -0.25) is 9.88 Å². The molecule has 2 atom stereocenters. The highest BCUT2D eigenvalue weighted by molar-refractivity contribution is 5.11. The SMILES string of the molecule is CCC(N)C(c1ccccn1)N(C)CC1(O)CCOCC1. The van der Waals surface area contributed by atoms with E-state index in [1.807, 2.05) is 25.2 Å². The molecule has 2 unspecified atom stereocenters. The lowest BCUT2D eigenvalue weighted by atomic mass is 9.92. The van der Waals surface area contributed by atoms with Gasteiger partial charge in [-0.15, -0.1) is 0 Å². The molecule has 0 aliphatic carbocycles. The van der Waals surface area contributed by atoms with Crippen LogP contribution in [-0.2, 0) is 4.74 Å². The van der Waals surface area contributed by atoms with E-state index in [2.05, 4.69) is 16.8 Å². The Balaban J connectivity index is 2.13. The number of nitrogens with two attached hydrogens (primary N) is 1. The molecule has 5 nitrogen and oxygen atoms in total. The molecule has 0 amide bonds. The summed E-state index contributed by atoms with van der Waals surface area (Å²) in [5, 5.41) is 10.7. The summed E-state index contributed by atoms with van der Waals surface area (Å²) < 4.78 is 5.34. The van der Waals surface area contributed by atoms with Gasteiger partial charge in [0, 0.05) is 44.8 Å². The highest BCUT2D eigenvalue weighted by atomic mass is 16.5. The van der Waals surface area contributed by atoms with Gasteiger partial charge in [-0.2, -0.15) is 0 Å². The van der Waals surface area contributed by atoms with Crippen molar-refractivity contribution in [1.82, 2.24) is 9.88 Å². The van der Waals surface area contributed by atoms with E-state index in [1.165, 1.54) is 0 Å². The van der Waals surface area contributed by atoms with Crippen molar-refractivity contribution in [2.24, 2.45) is 5.73 Å². The van der Waals surface area contributed by atoms with Crippen molar-refractivity contribution in [2.45, 2.75) is 43.9 Å². The van der Waals surface area contributed by atoms with Crippen molar-refractivity contribution >= 4 is 0 Å². The molecule has 21 heavy (non-hydrogen) atoms. The van der Waals surface area contributed by atoms with E-state index < -0.39 is 5.60 Å². The Morgan fingerprint density at radius 1 is 1.43 bits per heavy atom. The molecule has 0 radical (unpaired) electrons. The highest BCUT2D eigenvalue weighted by Gasteiger charge is 2.34. The molecule has 0 saturated carbocycles. The molecule has 1 fully saturated rings. The first kappa shape index (κ1) is 16.4. The normalized spacial score (nSPS) is 21.2. The Morgan fingerprint density at radius 2 is 2.14 bits per heavy atom. The Bertz CT molecular complexity index is 421. The minimum atomic E-state index is -0.687. The molecule has 1 aromatic rings. The molecule has 1 aliphatic rings. The number of aliphatic hydroxyl groups is 1. The van der Waals surface area contributed by atoms with Gasteiger partial charge in [-0.05, 0) is 25.6 Å². The molecular weight excluding hydrogens is 266 g/mol. The number of nitrogens with zero attached hydrogens (tertiary/aromatic N) is 2. The Hall–Kier alpha value is -1.01. The van der Waals surface area contributed by atoms with Crippen LogP contribution in [0.25, 0.3) is 0 Å². The van der Waals surface area contributed by atoms with Crippen LogP contribution in [0.1, 0.15) is 37.9 Å². The Morgan fingerprint density at radius 3 is 2.71 bits per heavy atom. The number of hydrogen-bond donors (Lipinski definition) is 2. The first-order valence-electron chi connectivity index (χ1n) is 7.72. The van der Waals surface area contributed by atoms with Crippen molar-refractivity contribution in [1.29, 1.82) is 0 Å². The molecule has 1 aromatic heterocycles. The molecule has 5 heteroatoms. The van der Waals surface area contributed by atoms with E-state index in [-0.39, 0.29) is 12.1 Å². The van der Waals surface area contributed by atoms with E-state index in [0.29, 0.717) is 32.6 Å². The third kappa shape index (κ3) is 4.23. The van der Waals surface area contributed by atoms with Crippen molar-refractivity contribution in [3.63, 3.8) is 0 Å². The van der Waals surface area contributed by atoms with E-state index in [9.17, 15) is 5.11 Å². The van der Waals surface area contributed by atoms with Crippen LogP contribution in [0.5, 0.6) is 0 Å². The smallest absolute Gasteiger partial charge is 0.0818 e. The van der Waals surface area contributed by atoms with Gasteiger partial charge in [0.2, 0.25) is 0 Å². The second-order valence-electron chi connectivity index (χ2n) is 6.02. The highest BCUT2D eigenvalue weighted by Crippen LogP contribution is 2.27. The molecule has 0 spiro atoms. The average Bonchev–Trinajstić information content (AvgIpc) is 2.48.